The number of aryl methyl sites for hydroxylation is 1. The number of hydrogen-bond donors (Lipinski definition) is 0. The lowest BCUT2D eigenvalue weighted by molar-refractivity contribution is -0.143. The van der Waals surface area contributed by atoms with Gasteiger partial charge < -0.3 is 9.47 Å². The van der Waals surface area contributed by atoms with Crippen molar-refractivity contribution in [1.82, 2.24) is 20.0 Å². The molecule has 0 amide bonds. The molecule has 1 aromatic carbocycles. The molecule has 2 heterocycles. The zero-order valence-corrected chi connectivity index (χ0v) is 15.9. The van der Waals surface area contributed by atoms with Crippen molar-refractivity contribution in [3.05, 3.63) is 65.0 Å². The highest BCUT2D eigenvalue weighted by atomic mass is 19.4. The predicted octanol–water partition coefficient (Wildman–Crippen LogP) is 3.40. The van der Waals surface area contributed by atoms with E-state index in [2.05, 4.69) is 15.3 Å². The van der Waals surface area contributed by atoms with Gasteiger partial charge in [-0.25, -0.2) is 9.48 Å². The van der Waals surface area contributed by atoms with Crippen LogP contribution in [0.3, 0.4) is 0 Å². The van der Waals surface area contributed by atoms with Crippen LogP contribution in [0.15, 0.2) is 42.6 Å². The van der Waals surface area contributed by atoms with Crippen molar-refractivity contribution in [2.24, 2.45) is 0 Å². The zero-order valence-electron chi connectivity index (χ0n) is 15.9. The van der Waals surface area contributed by atoms with Crippen LogP contribution in [-0.2, 0) is 23.8 Å². The largest absolute Gasteiger partial charge is 0.480 e. The van der Waals surface area contributed by atoms with E-state index in [9.17, 15) is 18.0 Å². The molecule has 1 aliphatic carbocycles. The summed E-state index contributed by atoms with van der Waals surface area (Å²) in [5.74, 6) is -1.13. The van der Waals surface area contributed by atoms with Crippen LogP contribution < -0.4 is 4.74 Å². The first-order chi connectivity index (χ1) is 14.4. The van der Waals surface area contributed by atoms with Gasteiger partial charge in [0.2, 0.25) is 5.88 Å². The number of benzene rings is 1. The van der Waals surface area contributed by atoms with Crippen LogP contribution in [0.2, 0.25) is 0 Å². The summed E-state index contributed by atoms with van der Waals surface area (Å²) in [4.78, 5) is 12.6. The molecule has 30 heavy (non-hydrogen) atoms. The van der Waals surface area contributed by atoms with E-state index in [1.807, 2.05) is 24.3 Å². The Labute approximate surface area is 169 Å². The van der Waals surface area contributed by atoms with Crippen LogP contribution in [-0.4, -0.2) is 39.2 Å². The monoisotopic (exact) mass is 418 g/mol. The van der Waals surface area contributed by atoms with Gasteiger partial charge in [-0.15, -0.1) is 10.2 Å². The molecule has 2 aromatic heterocycles. The van der Waals surface area contributed by atoms with Crippen molar-refractivity contribution >= 4 is 5.97 Å². The summed E-state index contributed by atoms with van der Waals surface area (Å²) in [6.07, 6.45) is -2.82. The van der Waals surface area contributed by atoms with Gasteiger partial charge in [0, 0.05) is 12.5 Å². The number of carbonyl (C=O) groups excluding carboxylic acids is 1. The van der Waals surface area contributed by atoms with Crippen LogP contribution in [0, 0.1) is 0 Å². The summed E-state index contributed by atoms with van der Waals surface area (Å²) in [6, 6.07) is 10.3. The summed E-state index contributed by atoms with van der Waals surface area (Å²) >= 11 is 0. The molecule has 1 aliphatic rings. The van der Waals surface area contributed by atoms with Crippen LogP contribution in [0.4, 0.5) is 13.2 Å². The van der Waals surface area contributed by atoms with Gasteiger partial charge in [-0.1, -0.05) is 24.3 Å². The van der Waals surface area contributed by atoms with E-state index in [0.29, 0.717) is 23.9 Å². The molecule has 0 fully saturated rings. The molecule has 0 aliphatic heterocycles. The number of fused-ring (bicyclic) bond motifs is 1. The minimum Gasteiger partial charge on any atom is -0.480 e. The van der Waals surface area contributed by atoms with Crippen LogP contribution >= 0.6 is 0 Å². The van der Waals surface area contributed by atoms with E-state index >= 15 is 0 Å². The third-order valence-electron chi connectivity index (χ3n) is 4.89. The van der Waals surface area contributed by atoms with Crippen molar-refractivity contribution in [3.63, 3.8) is 0 Å². The molecule has 1 unspecified atom stereocenters. The Morgan fingerprint density at radius 3 is 2.57 bits per heavy atom. The number of halogens is 3. The fourth-order valence-electron chi connectivity index (χ4n) is 3.46. The number of aromatic nitrogens is 4. The van der Waals surface area contributed by atoms with E-state index in [1.54, 1.807) is 0 Å². The van der Waals surface area contributed by atoms with Crippen LogP contribution in [0.5, 0.6) is 5.88 Å². The average molecular weight is 418 g/mol. The minimum absolute atomic E-state index is 0.136. The fourth-order valence-corrected chi connectivity index (χ4v) is 3.46. The number of rotatable bonds is 4. The molecule has 10 heteroatoms. The molecular formula is C20H17F3N4O3. The third-order valence-corrected chi connectivity index (χ3v) is 4.89. The van der Waals surface area contributed by atoms with Gasteiger partial charge in [-0.2, -0.15) is 18.3 Å². The van der Waals surface area contributed by atoms with Crippen LogP contribution in [0.1, 0.15) is 33.6 Å². The van der Waals surface area contributed by atoms with Crippen molar-refractivity contribution in [2.45, 2.75) is 31.5 Å². The molecular weight excluding hydrogens is 401 g/mol. The quantitative estimate of drug-likeness (QED) is 0.605. The maximum absolute atomic E-state index is 13.8. The Morgan fingerprint density at radius 2 is 1.90 bits per heavy atom. The van der Waals surface area contributed by atoms with Gasteiger partial charge in [-0.05, 0) is 30.0 Å². The van der Waals surface area contributed by atoms with Crippen molar-refractivity contribution in [3.8, 4) is 11.7 Å². The Morgan fingerprint density at radius 1 is 1.13 bits per heavy atom. The second-order valence-electron chi connectivity index (χ2n) is 6.79. The number of ether oxygens (including phenoxy) is 2. The second-order valence-corrected chi connectivity index (χ2v) is 6.79. The summed E-state index contributed by atoms with van der Waals surface area (Å²) < 4.78 is 52.1. The molecule has 1 atom stereocenters. The topological polar surface area (TPSA) is 79.1 Å². The van der Waals surface area contributed by atoms with Gasteiger partial charge in [0.05, 0.1) is 13.3 Å². The lowest BCUT2D eigenvalue weighted by Crippen LogP contribution is -2.27. The molecule has 0 saturated heterocycles. The van der Waals surface area contributed by atoms with Gasteiger partial charge in [0.15, 0.2) is 11.5 Å². The van der Waals surface area contributed by atoms with E-state index < -0.39 is 29.5 Å². The minimum atomic E-state index is -4.86. The molecule has 0 saturated carbocycles. The maximum Gasteiger partial charge on any atom is 0.434 e. The lowest BCUT2D eigenvalue weighted by Gasteiger charge is -2.24. The predicted molar refractivity (Wildman–Crippen MR) is 98.4 cm³/mol. The molecule has 0 N–H and O–H groups in total. The molecule has 156 valence electrons. The number of hydrogen-bond acceptors (Lipinski definition) is 6. The first-order valence-electron chi connectivity index (χ1n) is 9.18. The van der Waals surface area contributed by atoms with E-state index in [-0.39, 0.29) is 11.7 Å². The molecule has 0 bridgehead atoms. The Hall–Kier alpha value is -3.43. The average Bonchev–Trinajstić information content (AvgIpc) is 3.20. The first kappa shape index (κ1) is 19.9. The summed E-state index contributed by atoms with van der Waals surface area (Å²) in [5.41, 5.74) is 0.260. The van der Waals surface area contributed by atoms with E-state index in [0.717, 1.165) is 17.3 Å². The SMILES string of the molecule is COc1ccc(-n2ncc(C(=O)OC3CCc4ccccc4C3)c2C(F)(F)F)nn1. The Bertz CT molecular complexity index is 1060. The van der Waals surface area contributed by atoms with Crippen molar-refractivity contribution < 1.29 is 27.4 Å². The number of nitrogens with zero attached hydrogens (tertiary/aromatic N) is 4. The van der Waals surface area contributed by atoms with Gasteiger partial charge in [-0.3, -0.25) is 0 Å². The van der Waals surface area contributed by atoms with Gasteiger partial charge >= 0.3 is 12.1 Å². The van der Waals surface area contributed by atoms with E-state index in [4.69, 9.17) is 9.47 Å². The van der Waals surface area contributed by atoms with Gasteiger partial charge in [0.25, 0.3) is 0 Å². The highest BCUT2D eigenvalue weighted by Gasteiger charge is 2.42. The smallest absolute Gasteiger partial charge is 0.434 e. The zero-order chi connectivity index (χ0) is 21.3. The summed E-state index contributed by atoms with van der Waals surface area (Å²) in [6.45, 7) is 0. The first-order valence-corrected chi connectivity index (χ1v) is 9.18. The highest BCUT2D eigenvalue weighted by molar-refractivity contribution is 5.91. The van der Waals surface area contributed by atoms with Crippen molar-refractivity contribution in [1.29, 1.82) is 0 Å². The number of methoxy groups -OCH3 is 1. The van der Waals surface area contributed by atoms with Gasteiger partial charge in [0.1, 0.15) is 11.7 Å². The van der Waals surface area contributed by atoms with Crippen molar-refractivity contribution in [2.75, 3.05) is 7.11 Å². The standard InChI is InChI=1S/C20H17F3N4O3/c1-29-17-9-8-16(25-26-17)27-18(20(21,22)23)15(11-24-27)19(28)30-14-7-6-12-4-2-3-5-13(12)10-14/h2-5,8-9,11,14H,6-7,10H2,1H3. The Kier molecular flexibility index (Phi) is 5.15. The summed E-state index contributed by atoms with van der Waals surface area (Å²) in [5, 5.41) is 11.0. The molecule has 0 radical (unpaired) electrons. The number of esters is 1. The molecule has 0 spiro atoms. The summed E-state index contributed by atoms with van der Waals surface area (Å²) in [7, 11) is 1.36. The number of alkyl halides is 3. The Balaban J connectivity index is 1.60. The van der Waals surface area contributed by atoms with Crippen LogP contribution in [0.25, 0.3) is 5.82 Å². The lowest BCUT2D eigenvalue weighted by atomic mass is 9.90. The molecule has 3 aromatic rings. The molecule has 7 nitrogen and oxygen atoms in total. The second kappa shape index (κ2) is 7.77. The van der Waals surface area contributed by atoms with E-state index in [1.165, 1.54) is 19.2 Å². The normalized spacial score (nSPS) is 16.1. The highest BCUT2D eigenvalue weighted by Crippen LogP contribution is 2.34. The fraction of sp³-hybridized carbons (Fsp3) is 0.300. The third kappa shape index (κ3) is 3.85. The maximum atomic E-state index is 13.8. The number of carbonyl (C=O) groups is 1. The molecule has 4 rings (SSSR count).